The van der Waals surface area contributed by atoms with Gasteiger partial charge in [-0.1, -0.05) is 0 Å². The molecule has 0 heterocycles. The van der Waals surface area contributed by atoms with Crippen LogP contribution >= 0.6 is 11.8 Å². The Morgan fingerprint density at radius 1 is 1.45 bits per heavy atom. The molecule has 1 aliphatic rings. The number of hydrogen-bond acceptors (Lipinski definition) is 3. The molecule has 2 unspecified atom stereocenters. The molecule has 1 aromatic carbocycles. The van der Waals surface area contributed by atoms with Crippen LogP contribution in [0.2, 0.25) is 0 Å². The number of nitrogens with one attached hydrogen (secondary N) is 1. The van der Waals surface area contributed by atoms with Gasteiger partial charge in [0, 0.05) is 10.1 Å². The third-order valence-corrected chi connectivity index (χ3v) is 5.11. The SMILES string of the molecule is CNC1(C(N)=O)CCCC(Sc2ccc(F)c(F)c2)C1. The predicted molar refractivity (Wildman–Crippen MR) is 75.5 cm³/mol. The summed E-state index contributed by atoms with van der Waals surface area (Å²) < 4.78 is 26.1. The molecule has 0 saturated heterocycles. The van der Waals surface area contributed by atoms with Crippen molar-refractivity contribution in [3.05, 3.63) is 29.8 Å². The Hall–Kier alpha value is -1.14. The summed E-state index contributed by atoms with van der Waals surface area (Å²) in [7, 11) is 1.73. The van der Waals surface area contributed by atoms with Gasteiger partial charge in [-0.25, -0.2) is 8.78 Å². The van der Waals surface area contributed by atoms with Crippen molar-refractivity contribution in [1.29, 1.82) is 0 Å². The Kier molecular flexibility index (Phi) is 4.65. The molecule has 3 nitrogen and oxygen atoms in total. The molecule has 1 fully saturated rings. The van der Waals surface area contributed by atoms with Crippen LogP contribution in [0.15, 0.2) is 23.1 Å². The first-order valence-corrected chi connectivity index (χ1v) is 7.45. The van der Waals surface area contributed by atoms with Crippen molar-refractivity contribution < 1.29 is 13.6 Å². The molecule has 0 radical (unpaired) electrons. The van der Waals surface area contributed by atoms with Crippen LogP contribution in [-0.4, -0.2) is 23.7 Å². The summed E-state index contributed by atoms with van der Waals surface area (Å²) in [6.07, 6.45) is 3.13. The Bertz CT molecular complexity index is 512. The lowest BCUT2D eigenvalue weighted by atomic mass is 9.81. The van der Waals surface area contributed by atoms with Gasteiger partial charge in [0.05, 0.1) is 5.54 Å². The molecule has 0 spiro atoms. The number of amides is 1. The average molecular weight is 300 g/mol. The maximum atomic E-state index is 13.2. The molecule has 2 rings (SSSR count). The molecule has 20 heavy (non-hydrogen) atoms. The van der Waals surface area contributed by atoms with Crippen LogP contribution in [0.4, 0.5) is 8.78 Å². The number of carbonyl (C=O) groups excluding carboxylic acids is 1. The van der Waals surface area contributed by atoms with Gasteiger partial charge in [0.2, 0.25) is 5.91 Å². The highest BCUT2D eigenvalue weighted by Crippen LogP contribution is 2.38. The van der Waals surface area contributed by atoms with E-state index in [0.29, 0.717) is 17.7 Å². The standard InChI is InChI=1S/C14H18F2N2OS/c1-18-14(13(17)19)6-2-3-10(8-14)20-9-4-5-11(15)12(16)7-9/h4-5,7,10,18H,2-3,6,8H2,1H3,(H2,17,19). The number of thioether (sulfide) groups is 1. The minimum Gasteiger partial charge on any atom is -0.368 e. The summed E-state index contributed by atoms with van der Waals surface area (Å²) >= 11 is 1.47. The highest BCUT2D eigenvalue weighted by molar-refractivity contribution is 8.00. The Labute approximate surface area is 121 Å². The summed E-state index contributed by atoms with van der Waals surface area (Å²) in [6.45, 7) is 0. The van der Waals surface area contributed by atoms with Crippen molar-refractivity contribution in [3.8, 4) is 0 Å². The van der Waals surface area contributed by atoms with Gasteiger partial charge in [-0.05, 0) is 50.9 Å². The first-order chi connectivity index (χ1) is 9.47. The number of nitrogens with two attached hydrogens (primary N) is 1. The van der Waals surface area contributed by atoms with Crippen molar-refractivity contribution in [2.24, 2.45) is 5.73 Å². The second-order valence-electron chi connectivity index (χ2n) is 5.11. The van der Waals surface area contributed by atoms with Crippen molar-refractivity contribution in [3.63, 3.8) is 0 Å². The lowest BCUT2D eigenvalue weighted by Crippen LogP contribution is -2.57. The normalized spacial score (nSPS) is 26.4. The molecule has 1 aromatic rings. The van der Waals surface area contributed by atoms with E-state index in [4.69, 9.17) is 5.73 Å². The van der Waals surface area contributed by atoms with E-state index in [9.17, 15) is 13.6 Å². The van der Waals surface area contributed by atoms with Gasteiger partial charge in [0.15, 0.2) is 11.6 Å². The van der Waals surface area contributed by atoms with E-state index >= 15 is 0 Å². The molecule has 0 aliphatic heterocycles. The summed E-state index contributed by atoms with van der Waals surface area (Å²) in [5.74, 6) is -2.05. The maximum Gasteiger partial charge on any atom is 0.237 e. The predicted octanol–water partition coefficient (Wildman–Crippen LogP) is 2.44. The van der Waals surface area contributed by atoms with Gasteiger partial charge in [-0.15, -0.1) is 11.8 Å². The number of primary amides is 1. The fourth-order valence-electron chi connectivity index (χ4n) is 2.64. The maximum absolute atomic E-state index is 13.2. The molecule has 1 aliphatic carbocycles. The number of benzene rings is 1. The van der Waals surface area contributed by atoms with E-state index < -0.39 is 17.2 Å². The zero-order chi connectivity index (χ0) is 14.8. The molecular weight excluding hydrogens is 282 g/mol. The zero-order valence-electron chi connectivity index (χ0n) is 11.3. The molecule has 0 aromatic heterocycles. The largest absolute Gasteiger partial charge is 0.368 e. The Morgan fingerprint density at radius 3 is 2.80 bits per heavy atom. The van der Waals surface area contributed by atoms with E-state index in [1.54, 1.807) is 13.1 Å². The summed E-state index contributed by atoms with van der Waals surface area (Å²) in [6, 6.07) is 3.88. The van der Waals surface area contributed by atoms with Crippen LogP contribution in [-0.2, 0) is 4.79 Å². The van der Waals surface area contributed by atoms with Gasteiger partial charge in [-0.2, -0.15) is 0 Å². The Balaban J connectivity index is 2.09. The van der Waals surface area contributed by atoms with Crippen molar-refractivity contribution in [1.82, 2.24) is 5.32 Å². The second kappa shape index (κ2) is 6.10. The van der Waals surface area contributed by atoms with E-state index in [0.717, 1.165) is 18.9 Å². The minimum atomic E-state index is -0.847. The van der Waals surface area contributed by atoms with E-state index in [1.165, 1.54) is 17.8 Å². The van der Waals surface area contributed by atoms with Crippen molar-refractivity contribution >= 4 is 17.7 Å². The smallest absolute Gasteiger partial charge is 0.237 e. The van der Waals surface area contributed by atoms with Crippen LogP contribution in [0, 0.1) is 11.6 Å². The molecule has 2 atom stereocenters. The van der Waals surface area contributed by atoms with Crippen LogP contribution in [0.3, 0.4) is 0 Å². The highest BCUT2D eigenvalue weighted by atomic mass is 32.2. The van der Waals surface area contributed by atoms with Gasteiger partial charge < -0.3 is 11.1 Å². The fourth-order valence-corrected chi connectivity index (χ4v) is 4.00. The molecule has 3 N–H and O–H groups in total. The highest BCUT2D eigenvalue weighted by Gasteiger charge is 2.40. The Morgan fingerprint density at radius 2 is 2.20 bits per heavy atom. The second-order valence-corrected chi connectivity index (χ2v) is 6.48. The lowest BCUT2D eigenvalue weighted by molar-refractivity contribution is -0.125. The average Bonchev–Trinajstić information content (AvgIpc) is 2.43. The van der Waals surface area contributed by atoms with Crippen LogP contribution < -0.4 is 11.1 Å². The number of hydrogen-bond donors (Lipinski definition) is 2. The zero-order valence-corrected chi connectivity index (χ0v) is 12.1. The first-order valence-electron chi connectivity index (χ1n) is 6.57. The van der Waals surface area contributed by atoms with Crippen molar-refractivity contribution in [2.75, 3.05) is 7.05 Å². The van der Waals surface area contributed by atoms with Crippen LogP contribution in [0.25, 0.3) is 0 Å². The van der Waals surface area contributed by atoms with E-state index in [2.05, 4.69) is 5.32 Å². The minimum absolute atomic E-state index is 0.161. The molecule has 1 amide bonds. The van der Waals surface area contributed by atoms with Gasteiger partial charge >= 0.3 is 0 Å². The van der Waals surface area contributed by atoms with Gasteiger partial charge in [0.1, 0.15) is 0 Å². The number of likely N-dealkylation sites (N-methyl/N-ethyl adjacent to an activating group) is 1. The third kappa shape index (κ3) is 3.12. The number of carbonyl (C=O) groups is 1. The fraction of sp³-hybridized carbons (Fsp3) is 0.500. The molecule has 110 valence electrons. The number of halogens is 2. The van der Waals surface area contributed by atoms with Crippen molar-refractivity contribution in [2.45, 2.75) is 41.4 Å². The summed E-state index contributed by atoms with van der Waals surface area (Å²) in [5.41, 5.74) is 4.81. The third-order valence-electron chi connectivity index (χ3n) is 3.85. The number of rotatable bonds is 4. The first kappa shape index (κ1) is 15.3. The summed E-state index contributed by atoms with van der Waals surface area (Å²) in [4.78, 5) is 12.3. The van der Waals surface area contributed by atoms with Crippen LogP contribution in [0.5, 0.6) is 0 Å². The van der Waals surface area contributed by atoms with Crippen LogP contribution in [0.1, 0.15) is 25.7 Å². The summed E-state index contributed by atoms with van der Waals surface area (Å²) in [5, 5.41) is 3.19. The monoisotopic (exact) mass is 300 g/mol. The molecule has 0 bridgehead atoms. The van der Waals surface area contributed by atoms with E-state index in [1.807, 2.05) is 0 Å². The van der Waals surface area contributed by atoms with Gasteiger partial charge in [-0.3, -0.25) is 4.79 Å². The molecule has 6 heteroatoms. The topological polar surface area (TPSA) is 55.1 Å². The molecular formula is C14H18F2N2OS. The van der Waals surface area contributed by atoms with E-state index in [-0.39, 0.29) is 11.2 Å². The lowest BCUT2D eigenvalue weighted by Gasteiger charge is -2.38. The quantitative estimate of drug-likeness (QED) is 0.898. The van der Waals surface area contributed by atoms with Gasteiger partial charge in [0.25, 0.3) is 0 Å². The molecule has 1 saturated carbocycles.